The van der Waals surface area contributed by atoms with E-state index in [0.29, 0.717) is 24.3 Å². The van der Waals surface area contributed by atoms with Crippen LogP contribution in [0.3, 0.4) is 0 Å². The Morgan fingerprint density at radius 2 is 1.95 bits per heavy atom. The normalized spacial score (nSPS) is 19.0. The van der Waals surface area contributed by atoms with Gasteiger partial charge in [0.05, 0.1) is 0 Å². The van der Waals surface area contributed by atoms with Crippen molar-refractivity contribution in [1.29, 1.82) is 0 Å². The van der Waals surface area contributed by atoms with Crippen molar-refractivity contribution in [3.63, 3.8) is 0 Å². The van der Waals surface area contributed by atoms with E-state index >= 15 is 0 Å². The molecule has 3 nitrogen and oxygen atoms in total. The number of amides is 1. The largest absolute Gasteiger partial charge is 0.335 e. The van der Waals surface area contributed by atoms with E-state index in [1.165, 1.54) is 0 Å². The van der Waals surface area contributed by atoms with Crippen molar-refractivity contribution in [3.8, 4) is 0 Å². The second-order valence-corrected chi connectivity index (χ2v) is 6.04. The topological polar surface area (TPSA) is 32.3 Å². The van der Waals surface area contributed by atoms with Crippen LogP contribution >= 0.6 is 11.6 Å². The Kier molecular flexibility index (Phi) is 3.76. The first-order chi connectivity index (χ1) is 9.22. The average molecular weight is 279 g/mol. The third kappa shape index (κ3) is 3.28. The second kappa shape index (κ2) is 5.51. The molecule has 0 unspecified atom stereocenters. The fraction of sp³-hybridized carbons (Fsp3) is 0.533. The summed E-state index contributed by atoms with van der Waals surface area (Å²) in [5.41, 5.74) is 1.16. The quantitative estimate of drug-likeness (QED) is 0.897. The molecule has 1 saturated heterocycles. The molecule has 1 heterocycles. The Morgan fingerprint density at radius 3 is 2.47 bits per heavy atom. The lowest BCUT2D eigenvalue weighted by Gasteiger charge is -2.30. The zero-order chi connectivity index (χ0) is 13.2. The molecule has 2 aliphatic rings. The first-order valence-corrected chi connectivity index (χ1v) is 7.35. The highest BCUT2D eigenvalue weighted by Gasteiger charge is 2.34. The van der Waals surface area contributed by atoms with Crippen molar-refractivity contribution in [2.75, 3.05) is 13.1 Å². The van der Waals surface area contributed by atoms with Gasteiger partial charge in [-0.25, -0.2) is 0 Å². The Morgan fingerprint density at radius 1 is 1.26 bits per heavy atom. The molecule has 1 aliphatic carbocycles. The lowest BCUT2D eigenvalue weighted by atomic mass is 9.98. The number of benzene rings is 1. The van der Waals surface area contributed by atoms with Gasteiger partial charge in [0, 0.05) is 24.0 Å². The van der Waals surface area contributed by atoms with Crippen LogP contribution in [-0.2, 0) is 11.3 Å². The predicted molar refractivity (Wildman–Crippen MR) is 76.0 cm³/mol. The van der Waals surface area contributed by atoms with Crippen LogP contribution in [0, 0.1) is 5.92 Å². The molecule has 102 valence electrons. The summed E-state index contributed by atoms with van der Waals surface area (Å²) in [5.74, 6) is 0.850. The first-order valence-electron chi connectivity index (χ1n) is 6.97. The van der Waals surface area contributed by atoms with Gasteiger partial charge in [-0.2, -0.15) is 0 Å². The minimum atomic E-state index is 0.309. The van der Waals surface area contributed by atoms with E-state index in [-0.39, 0.29) is 0 Å². The molecular formula is C15H19ClN2O. The molecule has 19 heavy (non-hydrogen) atoms. The maximum absolute atomic E-state index is 12.4. The second-order valence-electron chi connectivity index (χ2n) is 5.61. The molecular weight excluding hydrogens is 260 g/mol. The van der Waals surface area contributed by atoms with Crippen molar-refractivity contribution < 1.29 is 4.79 Å². The van der Waals surface area contributed by atoms with Gasteiger partial charge in [-0.1, -0.05) is 23.7 Å². The van der Waals surface area contributed by atoms with Crippen molar-refractivity contribution >= 4 is 17.5 Å². The Bertz CT molecular complexity index is 452. The number of hydrogen-bond donors (Lipinski definition) is 1. The van der Waals surface area contributed by atoms with Crippen LogP contribution in [-0.4, -0.2) is 29.9 Å². The van der Waals surface area contributed by atoms with Gasteiger partial charge in [0.15, 0.2) is 0 Å². The van der Waals surface area contributed by atoms with E-state index in [9.17, 15) is 4.79 Å². The van der Waals surface area contributed by atoms with E-state index in [0.717, 1.165) is 43.1 Å². The van der Waals surface area contributed by atoms with E-state index < -0.39 is 0 Å². The zero-order valence-electron chi connectivity index (χ0n) is 10.9. The summed E-state index contributed by atoms with van der Waals surface area (Å²) in [6.07, 6.45) is 3.00. The molecule has 0 radical (unpaired) electrons. The van der Waals surface area contributed by atoms with Crippen LogP contribution in [0.5, 0.6) is 0 Å². The highest BCUT2D eigenvalue weighted by atomic mass is 35.5. The molecule has 1 aliphatic heterocycles. The number of carbonyl (C=O) groups is 1. The van der Waals surface area contributed by atoms with E-state index in [1.54, 1.807) is 0 Å². The molecule has 0 spiro atoms. The summed E-state index contributed by atoms with van der Waals surface area (Å²) in [6.45, 7) is 2.71. The summed E-state index contributed by atoms with van der Waals surface area (Å²) < 4.78 is 0. The number of halogens is 1. The van der Waals surface area contributed by atoms with Gasteiger partial charge in [-0.3, -0.25) is 4.79 Å². The van der Waals surface area contributed by atoms with Crippen molar-refractivity contribution in [1.82, 2.24) is 10.2 Å². The van der Waals surface area contributed by atoms with Crippen molar-refractivity contribution in [2.45, 2.75) is 31.8 Å². The molecule has 0 atom stereocenters. The molecule has 3 rings (SSSR count). The highest BCUT2D eigenvalue weighted by molar-refractivity contribution is 6.30. The third-order valence-corrected chi connectivity index (χ3v) is 4.16. The number of nitrogens with zero attached hydrogens (tertiary/aromatic N) is 1. The van der Waals surface area contributed by atoms with Gasteiger partial charge in [0.1, 0.15) is 0 Å². The molecule has 4 heteroatoms. The number of carbonyl (C=O) groups excluding carboxylic acids is 1. The average Bonchev–Trinajstić information content (AvgIpc) is 3.17. The molecule has 1 saturated carbocycles. The van der Waals surface area contributed by atoms with Gasteiger partial charge in [-0.05, 0) is 49.5 Å². The van der Waals surface area contributed by atoms with Crippen LogP contribution in [0.15, 0.2) is 24.3 Å². The molecule has 0 aromatic heterocycles. The SMILES string of the molecule is O=C(CC1CNC1)N(Cc1ccc(Cl)cc1)C1CC1. The standard InChI is InChI=1S/C15H19ClN2O/c16-13-3-1-11(2-4-13)10-18(14-5-6-14)15(19)7-12-8-17-9-12/h1-4,12,14,17H,5-10H2. The summed E-state index contributed by atoms with van der Waals surface area (Å²) in [7, 11) is 0. The molecule has 0 bridgehead atoms. The van der Waals surface area contributed by atoms with Gasteiger partial charge in [0.25, 0.3) is 0 Å². The number of rotatable bonds is 5. The lowest BCUT2D eigenvalue weighted by molar-refractivity contribution is -0.133. The van der Waals surface area contributed by atoms with Gasteiger partial charge < -0.3 is 10.2 Å². The minimum absolute atomic E-state index is 0.309. The Labute approximate surface area is 118 Å². The van der Waals surface area contributed by atoms with E-state index in [1.807, 2.05) is 24.3 Å². The summed E-state index contributed by atoms with van der Waals surface area (Å²) in [4.78, 5) is 14.4. The van der Waals surface area contributed by atoms with Gasteiger partial charge in [-0.15, -0.1) is 0 Å². The minimum Gasteiger partial charge on any atom is -0.335 e. The van der Waals surface area contributed by atoms with Crippen LogP contribution in [0.4, 0.5) is 0 Å². The molecule has 1 N–H and O–H groups in total. The highest BCUT2D eigenvalue weighted by Crippen LogP contribution is 2.30. The van der Waals surface area contributed by atoms with Crippen LogP contribution in [0.25, 0.3) is 0 Å². The van der Waals surface area contributed by atoms with Crippen LogP contribution in [0.1, 0.15) is 24.8 Å². The summed E-state index contributed by atoms with van der Waals surface area (Å²) in [6, 6.07) is 8.27. The van der Waals surface area contributed by atoms with Gasteiger partial charge >= 0.3 is 0 Å². The third-order valence-electron chi connectivity index (χ3n) is 3.90. The summed E-state index contributed by atoms with van der Waals surface area (Å²) in [5, 5.41) is 3.96. The maximum Gasteiger partial charge on any atom is 0.223 e. The van der Waals surface area contributed by atoms with E-state index in [4.69, 9.17) is 11.6 Å². The number of nitrogens with one attached hydrogen (secondary N) is 1. The monoisotopic (exact) mass is 278 g/mol. The molecule has 2 fully saturated rings. The van der Waals surface area contributed by atoms with Crippen LogP contribution in [0.2, 0.25) is 5.02 Å². The molecule has 1 aromatic rings. The smallest absolute Gasteiger partial charge is 0.223 e. The first kappa shape index (κ1) is 12.9. The lowest BCUT2D eigenvalue weighted by Crippen LogP contribution is -2.45. The molecule has 1 amide bonds. The number of hydrogen-bond acceptors (Lipinski definition) is 2. The Hall–Kier alpha value is -1.06. The zero-order valence-corrected chi connectivity index (χ0v) is 11.7. The van der Waals surface area contributed by atoms with Crippen molar-refractivity contribution in [2.24, 2.45) is 5.92 Å². The molecule has 1 aromatic carbocycles. The summed E-state index contributed by atoms with van der Waals surface area (Å²) >= 11 is 5.89. The fourth-order valence-electron chi connectivity index (χ4n) is 2.45. The predicted octanol–water partition coefficient (Wildman–Crippen LogP) is 2.44. The van der Waals surface area contributed by atoms with E-state index in [2.05, 4.69) is 10.2 Å². The Balaban J connectivity index is 1.63. The van der Waals surface area contributed by atoms with Crippen molar-refractivity contribution in [3.05, 3.63) is 34.9 Å². The van der Waals surface area contributed by atoms with Gasteiger partial charge in [0.2, 0.25) is 5.91 Å². The van der Waals surface area contributed by atoms with Crippen LogP contribution < -0.4 is 5.32 Å². The fourth-order valence-corrected chi connectivity index (χ4v) is 2.58. The maximum atomic E-state index is 12.4.